The Kier molecular flexibility index (Phi) is 8.54. The highest BCUT2D eigenvalue weighted by Crippen LogP contribution is 2.34. The van der Waals surface area contributed by atoms with Crippen molar-refractivity contribution in [1.29, 1.82) is 0 Å². The molecule has 3 aromatic rings. The number of hydrogen-bond acceptors (Lipinski definition) is 5. The van der Waals surface area contributed by atoms with Crippen LogP contribution in [0.1, 0.15) is 54.0 Å². The molecule has 0 bridgehead atoms. The van der Waals surface area contributed by atoms with Gasteiger partial charge in [0.15, 0.2) is 0 Å². The molecule has 3 rings (SSSR count). The van der Waals surface area contributed by atoms with E-state index in [-0.39, 0.29) is 5.91 Å². The number of carbonyl (C=O) groups is 1. The number of aryl methyl sites for hydroxylation is 1. The third kappa shape index (κ3) is 5.77. The molecule has 7 heteroatoms. The number of imidazole rings is 1. The van der Waals surface area contributed by atoms with Crippen LogP contribution in [0.25, 0.3) is 11.0 Å². The van der Waals surface area contributed by atoms with E-state index in [9.17, 15) is 4.79 Å². The van der Waals surface area contributed by atoms with Crippen molar-refractivity contribution >= 4 is 28.6 Å². The second-order valence-electron chi connectivity index (χ2n) is 10.7. The lowest BCUT2D eigenvalue weighted by molar-refractivity contribution is -0.137. The van der Waals surface area contributed by atoms with E-state index in [1.54, 1.807) is 14.2 Å². The van der Waals surface area contributed by atoms with Crippen LogP contribution >= 0.6 is 0 Å². The Labute approximate surface area is 215 Å². The van der Waals surface area contributed by atoms with Crippen LogP contribution in [0, 0.1) is 11.8 Å². The molecule has 36 heavy (non-hydrogen) atoms. The zero-order valence-corrected chi connectivity index (χ0v) is 23.3. The average Bonchev–Trinajstić information content (AvgIpc) is 3.18. The molecule has 0 radical (unpaired) electrons. The van der Waals surface area contributed by atoms with Crippen LogP contribution in [0.2, 0.25) is 0 Å². The van der Waals surface area contributed by atoms with E-state index in [2.05, 4.69) is 50.6 Å². The van der Waals surface area contributed by atoms with Gasteiger partial charge >= 0.3 is 0 Å². The van der Waals surface area contributed by atoms with Gasteiger partial charge < -0.3 is 24.3 Å². The van der Waals surface area contributed by atoms with E-state index < -0.39 is 5.41 Å². The second kappa shape index (κ2) is 11.2. The number of aromatic nitrogens is 2. The summed E-state index contributed by atoms with van der Waals surface area (Å²) < 4.78 is 13.0. The first-order valence-corrected chi connectivity index (χ1v) is 12.8. The Bertz CT molecular complexity index is 1190. The van der Waals surface area contributed by atoms with Gasteiger partial charge in [-0.05, 0) is 62.4 Å². The molecule has 0 atom stereocenters. The van der Waals surface area contributed by atoms with E-state index >= 15 is 0 Å². The number of methoxy groups -OCH3 is 2. The molecule has 0 aliphatic rings. The maximum atomic E-state index is 13.8. The summed E-state index contributed by atoms with van der Waals surface area (Å²) in [7, 11) is 3.27. The summed E-state index contributed by atoms with van der Waals surface area (Å²) in [4.78, 5) is 20.6. The van der Waals surface area contributed by atoms with Gasteiger partial charge in [0, 0.05) is 25.7 Å². The molecule has 0 spiro atoms. The molecule has 196 valence electrons. The van der Waals surface area contributed by atoms with Crippen LogP contribution in [-0.4, -0.2) is 47.7 Å². The van der Waals surface area contributed by atoms with Gasteiger partial charge in [-0.25, -0.2) is 4.98 Å². The number of carbonyl (C=O) groups excluding carboxylic acids is 1. The van der Waals surface area contributed by atoms with Gasteiger partial charge in [-0.15, -0.1) is 0 Å². The van der Waals surface area contributed by atoms with Crippen molar-refractivity contribution in [3.8, 4) is 11.5 Å². The van der Waals surface area contributed by atoms with Crippen LogP contribution < -0.4 is 14.8 Å². The molecule has 0 saturated heterocycles. The van der Waals surface area contributed by atoms with Gasteiger partial charge in [0.25, 0.3) is 0 Å². The van der Waals surface area contributed by atoms with Crippen molar-refractivity contribution in [2.75, 3.05) is 32.6 Å². The first-order valence-electron chi connectivity index (χ1n) is 12.8. The largest absolute Gasteiger partial charge is 0.497 e. The molecule has 0 unspecified atom stereocenters. The second-order valence-corrected chi connectivity index (χ2v) is 10.7. The molecule has 7 nitrogen and oxygen atoms in total. The lowest BCUT2D eigenvalue weighted by Gasteiger charge is -2.34. The van der Waals surface area contributed by atoms with E-state index in [1.807, 2.05) is 49.1 Å². The molecule has 1 aromatic heterocycles. The standard InChI is InChI=1S/C29H42N4O3/c1-10-33-25-15-21(29(6,7)27(34)32(17-19(2)3)18-20(4)5)11-13-23(25)30-28(33)31-24-14-12-22(35-8)16-26(24)36-9/h11-16,19-20H,10,17-18H2,1-9H3,(H,30,31). The highest BCUT2D eigenvalue weighted by atomic mass is 16.5. The Morgan fingerprint density at radius 3 is 2.25 bits per heavy atom. The minimum atomic E-state index is -0.659. The van der Waals surface area contributed by atoms with Crippen molar-refractivity contribution in [3.05, 3.63) is 42.0 Å². The van der Waals surface area contributed by atoms with E-state index in [0.717, 1.165) is 53.6 Å². The number of nitrogens with one attached hydrogen (secondary N) is 1. The van der Waals surface area contributed by atoms with Gasteiger partial charge in [0.1, 0.15) is 11.5 Å². The van der Waals surface area contributed by atoms with Gasteiger partial charge in [-0.1, -0.05) is 33.8 Å². The lowest BCUT2D eigenvalue weighted by Crippen LogP contribution is -2.46. The molecule has 0 aliphatic heterocycles. The highest BCUT2D eigenvalue weighted by molar-refractivity contribution is 5.89. The number of rotatable bonds is 11. The molecular formula is C29H42N4O3. The Morgan fingerprint density at radius 2 is 1.69 bits per heavy atom. The number of hydrogen-bond donors (Lipinski definition) is 1. The van der Waals surface area contributed by atoms with E-state index in [0.29, 0.717) is 17.6 Å². The number of ether oxygens (including phenoxy) is 2. The van der Waals surface area contributed by atoms with E-state index in [4.69, 9.17) is 14.5 Å². The number of anilines is 2. The molecule has 0 saturated carbocycles. The molecule has 1 amide bonds. The fourth-order valence-electron chi connectivity index (χ4n) is 4.59. The Morgan fingerprint density at radius 1 is 1.03 bits per heavy atom. The van der Waals surface area contributed by atoms with Crippen LogP contribution in [-0.2, 0) is 16.8 Å². The van der Waals surface area contributed by atoms with Crippen LogP contribution in [0.3, 0.4) is 0 Å². The Hall–Kier alpha value is -3.22. The maximum absolute atomic E-state index is 13.8. The average molecular weight is 495 g/mol. The molecule has 1 N–H and O–H groups in total. The minimum Gasteiger partial charge on any atom is -0.497 e. The first-order chi connectivity index (χ1) is 17.0. The molecule has 2 aromatic carbocycles. The minimum absolute atomic E-state index is 0.160. The number of amides is 1. The summed E-state index contributed by atoms with van der Waals surface area (Å²) in [6, 6.07) is 11.8. The quantitative estimate of drug-likeness (QED) is 0.342. The topological polar surface area (TPSA) is 68.6 Å². The van der Waals surface area contributed by atoms with Gasteiger partial charge in [0.05, 0.1) is 36.4 Å². The SMILES string of the molecule is CCn1c(Nc2ccc(OC)cc2OC)nc2ccc(C(C)(C)C(=O)N(CC(C)C)CC(C)C)cc21. The van der Waals surface area contributed by atoms with Crippen LogP contribution in [0.15, 0.2) is 36.4 Å². The van der Waals surface area contributed by atoms with Crippen molar-refractivity contribution in [2.45, 2.75) is 60.4 Å². The number of benzene rings is 2. The smallest absolute Gasteiger partial charge is 0.232 e. The third-order valence-corrected chi connectivity index (χ3v) is 6.43. The maximum Gasteiger partial charge on any atom is 0.232 e. The van der Waals surface area contributed by atoms with Crippen LogP contribution in [0.4, 0.5) is 11.6 Å². The van der Waals surface area contributed by atoms with Crippen LogP contribution in [0.5, 0.6) is 11.5 Å². The van der Waals surface area contributed by atoms with Crippen molar-refractivity contribution in [3.63, 3.8) is 0 Å². The zero-order chi connectivity index (χ0) is 26.6. The van der Waals surface area contributed by atoms with Crippen molar-refractivity contribution in [2.24, 2.45) is 11.8 Å². The first kappa shape index (κ1) is 27.4. The van der Waals surface area contributed by atoms with Crippen molar-refractivity contribution in [1.82, 2.24) is 14.5 Å². The fraction of sp³-hybridized carbons (Fsp3) is 0.517. The fourth-order valence-corrected chi connectivity index (χ4v) is 4.59. The number of nitrogens with zero attached hydrogens (tertiary/aromatic N) is 3. The molecule has 0 aliphatic carbocycles. The summed E-state index contributed by atoms with van der Waals surface area (Å²) >= 11 is 0. The summed E-state index contributed by atoms with van der Waals surface area (Å²) in [6.45, 7) is 17.0. The van der Waals surface area contributed by atoms with Gasteiger partial charge in [-0.2, -0.15) is 0 Å². The zero-order valence-electron chi connectivity index (χ0n) is 23.3. The highest BCUT2D eigenvalue weighted by Gasteiger charge is 2.34. The third-order valence-electron chi connectivity index (χ3n) is 6.43. The number of fused-ring (bicyclic) bond motifs is 1. The van der Waals surface area contributed by atoms with Gasteiger partial charge in [-0.3, -0.25) is 4.79 Å². The predicted octanol–water partition coefficient (Wildman–Crippen LogP) is 6.24. The Balaban J connectivity index is 1.99. The van der Waals surface area contributed by atoms with Gasteiger partial charge in [0.2, 0.25) is 11.9 Å². The monoisotopic (exact) mass is 494 g/mol. The summed E-state index contributed by atoms with van der Waals surface area (Å²) in [5.41, 5.74) is 3.00. The molecule has 1 heterocycles. The normalized spacial score (nSPS) is 11.9. The van der Waals surface area contributed by atoms with Crippen molar-refractivity contribution < 1.29 is 14.3 Å². The predicted molar refractivity (Wildman–Crippen MR) is 148 cm³/mol. The molecular weight excluding hydrogens is 452 g/mol. The lowest BCUT2D eigenvalue weighted by atomic mass is 9.82. The molecule has 0 fully saturated rings. The summed E-state index contributed by atoms with van der Waals surface area (Å²) in [5.74, 6) is 3.10. The summed E-state index contributed by atoms with van der Waals surface area (Å²) in [5, 5.41) is 3.42. The van der Waals surface area contributed by atoms with E-state index in [1.165, 1.54) is 0 Å². The summed E-state index contributed by atoms with van der Waals surface area (Å²) in [6.07, 6.45) is 0.